The molecule has 0 aliphatic heterocycles. The van der Waals surface area contributed by atoms with Crippen LogP contribution >= 0.6 is 11.8 Å². The fraction of sp³-hybridized carbons (Fsp3) is 0.0833. The first kappa shape index (κ1) is 21.3. The van der Waals surface area contributed by atoms with Gasteiger partial charge in [-0.25, -0.2) is 4.79 Å². The van der Waals surface area contributed by atoms with Crippen LogP contribution in [0.25, 0.3) is 5.69 Å². The summed E-state index contributed by atoms with van der Waals surface area (Å²) >= 11 is 1.44. The van der Waals surface area contributed by atoms with Gasteiger partial charge in [0.25, 0.3) is 5.69 Å². The van der Waals surface area contributed by atoms with Crippen LogP contribution in [0.3, 0.4) is 0 Å². The van der Waals surface area contributed by atoms with Crippen LogP contribution in [0.4, 0.5) is 5.69 Å². The van der Waals surface area contributed by atoms with Gasteiger partial charge in [-0.1, -0.05) is 54.2 Å². The third-order valence-electron chi connectivity index (χ3n) is 4.76. The summed E-state index contributed by atoms with van der Waals surface area (Å²) in [5.41, 5.74) is 1.85. The number of carbonyl (C=O) groups is 1. The molecule has 32 heavy (non-hydrogen) atoms. The van der Waals surface area contributed by atoms with Crippen LogP contribution in [0, 0.1) is 24.0 Å². The lowest BCUT2D eigenvalue weighted by Crippen LogP contribution is -2.13. The Morgan fingerprint density at radius 2 is 1.66 bits per heavy atom. The molecule has 3 aromatic carbocycles. The van der Waals surface area contributed by atoms with Gasteiger partial charge >= 0.3 is 5.97 Å². The molecule has 0 saturated carbocycles. The van der Waals surface area contributed by atoms with Gasteiger partial charge in [-0.15, -0.1) is 0 Å². The lowest BCUT2D eigenvalue weighted by molar-refractivity contribution is -0.385. The summed E-state index contributed by atoms with van der Waals surface area (Å²) in [7, 11) is 0. The lowest BCUT2D eigenvalue weighted by atomic mass is 10.1. The summed E-state index contributed by atoms with van der Waals surface area (Å²) in [6.45, 7) is 3.47. The molecule has 0 amide bonds. The van der Waals surface area contributed by atoms with Crippen molar-refractivity contribution in [1.29, 1.82) is 0 Å². The Hall–Kier alpha value is -3.91. The summed E-state index contributed by atoms with van der Waals surface area (Å²) in [5, 5.41) is 15.9. The number of aromatic nitrogens is 2. The molecule has 0 atom stereocenters. The number of nitrogens with zero attached hydrogens (tertiary/aromatic N) is 3. The van der Waals surface area contributed by atoms with Crippen LogP contribution in [0.5, 0.6) is 5.88 Å². The molecule has 0 bridgehead atoms. The first-order valence-corrected chi connectivity index (χ1v) is 10.6. The predicted octanol–water partition coefficient (Wildman–Crippen LogP) is 5.77. The van der Waals surface area contributed by atoms with Crippen LogP contribution in [0.2, 0.25) is 0 Å². The third kappa shape index (κ3) is 4.40. The topological polar surface area (TPSA) is 87.3 Å². The van der Waals surface area contributed by atoms with Crippen LogP contribution in [0.15, 0.2) is 88.7 Å². The minimum absolute atomic E-state index is 0.0939. The van der Waals surface area contributed by atoms with Crippen LogP contribution in [-0.4, -0.2) is 20.7 Å². The molecule has 0 N–H and O–H groups in total. The van der Waals surface area contributed by atoms with Crippen molar-refractivity contribution in [2.75, 3.05) is 0 Å². The predicted molar refractivity (Wildman–Crippen MR) is 122 cm³/mol. The van der Waals surface area contributed by atoms with E-state index in [1.54, 1.807) is 11.6 Å². The molecule has 160 valence electrons. The van der Waals surface area contributed by atoms with Gasteiger partial charge in [-0.05, 0) is 44.2 Å². The smallest absolute Gasteiger partial charge is 0.345 e. The van der Waals surface area contributed by atoms with Gasteiger partial charge in [0.15, 0.2) is 0 Å². The van der Waals surface area contributed by atoms with E-state index in [2.05, 4.69) is 5.10 Å². The minimum Gasteiger partial charge on any atom is -0.402 e. The average molecular weight is 446 g/mol. The molecule has 7 nitrogen and oxygen atoms in total. The molecule has 1 heterocycles. The summed E-state index contributed by atoms with van der Waals surface area (Å²) in [4.78, 5) is 25.4. The number of benzene rings is 3. The molecule has 4 aromatic rings. The molecule has 0 aliphatic carbocycles. The molecule has 0 saturated heterocycles. The number of hydrogen-bond acceptors (Lipinski definition) is 6. The maximum absolute atomic E-state index is 13.0. The number of aryl methyl sites for hydroxylation is 2. The van der Waals surface area contributed by atoms with E-state index in [1.165, 1.54) is 30.0 Å². The normalized spacial score (nSPS) is 10.7. The highest BCUT2D eigenvalue weighted by Gasteiger charge is 2.24. The zero-order valence-electron chi connectivity index (χ0n) is 17.4. The third-order valence-corrected chi connectivity index (χ3v) is 5.94. The number of rotatable bonds is 6. The lowest BCUT2D eigenvalue weighted by Gasteiger charge is -2.10. The van der Waals surface area contributed by atoms with Crippen molar-refractivity contribution < 1.29 is 14.5 Å². The van der Waals surface area contributed by atoms with E-state index in [9.17, 15) is 14.9 Å². The van der Waals surface area contributed by atoms with Crippen molar-refractivity contribution in [3.8, 4) is 11.6 Å². The van der Waals surface area contributed by atoms with E-state index in [0.717, 1.165) is 10.6 Å². The highest BCUT2D eigenvalue weighted by Crippen LogP contribution is 2.39. The Morgan fingerprint density at radius 1 is 1.00 bits per heavy atom. The number of carbonyl (C=O) groups excluding carboxylic acids is 1. The molecular weight excluding hydrogens is 426 g/mol. The highest BCUT2D eigenvalue weighted by molar-refractivity contribution is 7.99. The minimum atomic E-state index is -0.694. The van der Waals surface area contributed by atoms with Crippen molar-refractivity contribution in [1.82, 2.24) is 9.78 Å². The van der Waals surface area contributed by atoms with E-state index in [-0.39, 0.29) is 17.1 Å². The monoisotopic (exact) mass is 445 g/mol. The van der Waals surface area contributed by atoms with E-state index < -0.39 is 10.9 Å². The van der Waals surface area contributed by atoms with Crippen molar-refractivity contribution in [2.24, 2.45) is 0 Å². The zero-order valence-corrected chi connectivity index (χ0v) is 18.2. The Bertz CT molecular complexity index is 1290. The number of esters is 1. The number of ether oxygens (including phenoxy) is 1. The molecule has 0 radical (unpaired) electrons. The van der Waals surface area contributed by atoms with Gasteiger partial charge in [-0.2, -0.15) is 9.78 Å². The largest absolute Gasteiger partial charge is 0.402 e. The van der Waals surface area contributed by atoms with Gasteiger partial charge in [0.2, 0.25) is 5.88 Å². The van der Waals surface area contributed by atoms with Crippen molar-refractivity contribution in [3.63, 3.8) is 0 Å². The van der Waals surface area contributed by atoms with E-state index in [0.29, 0.717) is 16.2 Å². The second kappa shape index (κ2) is 9.07. The average Bonchev–Trinajstić information content (AvgIpc) is 3.10. The van der Waals surface area contributed by atoms with Crippen LogP contribution in [0.1, 0.15) is 21.6 Å². The van der Waals surface area contributed by atoms with E-state index in [4.69, 9.17) is 4.74 Å². The Labute approximate surface area is 188 Å². The second-order valence-electron chi connectivity index (χ2n) is 7.03. The summed E-state index contributed by atoms with van der Waals surface area (Å²) in [5.74, 6) is -0.434. The Morgan fingerprint density at radius 3 is 2.31 bits per heavy atom. The maximum Gasteiger partial charge on any atom is 0.345 e. The summed E-state index contributed by atoms with van der Waals surface area (Å²) in [6, 6.07) is 23.3. The van der Waals surface area contributed by atoms with Gasteiger partial charge in [0.1, 0.15) is 0 Å². The number of para-hydroxylation sites is 1. The number of nitro benzene ring substituents is 1. The van der Waals surface area contributed by atoms with Crippen molar-refractivity contribution in [3.05, 3.63) is 106 Å². The quantitative estimate of drug-likeness (QED) is 0.213. The Kier molecular flexibility index (Phi) is 6.04. The Balaban J connectivity index is 1.77. The molecule has 8 heteroatoms. The molecule has 0 unspecified atom stereocenters. The summed E-state index contributed by atoms with van der Waals surface area (Å²) in [6.07, 6.45) is 0. The molecular formula is C24H19N3O4S. The first-order valence-electron chi connectivity index (χ1n) is 9.79. The van der Waals surface area contributed by atoms with E-state index >= 15 is 0 Å². The molecule has 0 spiro atoms. The summed E-state index contributed by atoms with van der Waals surface area (Å²) < 4.78 is 7.37. The fourth-order valence-electron chi connectivity index (χ4n) is 3.13. The first-order chi connectivity index (χ1) is 15.4. The van der Waals surface area contributed by atoms with Crippen molar-refractivity contribution >= 4 is 23.4 Å². The van der Waals surface area contributed by atoms with Crippen LogP contribution in [-0.2, 0) is 0 Å². The second-order valence-corrected chi connectivity index (χ2v) is 8.11. The molecule has 4 rings (SSSR count). The molecule has 0 aliphatic rings. The highest BCUT2D eigenvalue weighted by atomic mass is 32.2. The van der Waals surface area contributed by atoms with Gasteiger partial charge in [0.05, 0.1) is 26.8 Å². The van der Waals surface area contributed by atoms with E-state index in [1.807, 2.05) is 67.6 Å². The van der Waals surface area contributed by atoms with Crippen LogP contribution < -0.4 is 4.74 Å². The number of hydrogen-bond donors (Lipinski definition) is 0. The maximum atomic E-state index is 13.0. The molecule has 0 fully saturated rings. The molecule has 1 aromatic heterocycles. The SMILES string of the molecule is Cc1ccc(C(=O)Oc2c(Sc3ccccc3)c(C)nn2-c2ccccc2)cc1[N+](=O)[O-]. The number of nitro groups is 1. The van der Waals surface area contributed by atoms with Gasteiger partial charge < -0.3 is 4.74 Å². The zero-order chi connectivity index (χ0) is 22.7. The fourth-order valence-corrected chi connectivity index (χ4v) is 4.06. The van der Waals surface area contributed by atoms with Gasteiger partial charge in [0, 0.05) is 16.5 Å². The van der Waals surface area contributed by atoms with Crippen molar-refractivity contribution in [2.45, 2.75) is 23.6 Å². The standard InChI is InChI=1S/C24H19N3O4S/c1-16-13-14-18(15-21(16)27(29)30)24(28)31-23-22(32-20-11-7-4-8-12-20)17(2)25-26(23)19-9-5-3-6-10-19/h3-15H,1-2H3. The van der Waals surface area contributed by atoms with Gasteiger partial charge in [-0.3, -0.25) is 10.1 Å².